The highest BCUT2D eigenvalue weighted by atomic mass is 16.4. The third kappa shape index (κ3) is 5.31. The summed E-state index contributed by atoms with van der Waals surface area (Å²) in [7, 11) is 0. The average Bonchev–Trinajstić information content (AvgIpc) is 2.59. The van der Waals surface area contributed by atoms with Crippen LogP contribution in [0.15, 0.2) is 24.3 Å². The normalized spacial score (nSPS) is 17.4. The second-order valence-electron chi connectivity index (χ2n) is 6.80. The van der Waals surface area contributed by atoms with Crippen LogP contribution in [0.2, 0.25) is 0 Å². The van der Waals surface area contributed by atoms with E-state index in [1.807, 2.05) is 13.8 Å². The highest BCUT2D eigenvalue weighted by Crippen LogP contribution is 2.15. The lowest BCUT2D eigenvalue weighted by Gasteiger charge is -2.33. The Hall–Kier alpha value is -2.37. The molecule has 1 aromatic carbocycles. The monoisotopic (exact) mass is 346 g/mol. The molecular formula is C19H26N2O4. The molecule has 1 atom stereocenters. The van der Waals surface area contributed by atoms with Crippen LogP contribution >= 0.6 is 0 Å². The summed E-state index contributed by atoms with van der Waals surface area (Å²) in [6.07, 6.45) is 2.42. The van der Waals surface area contributed by atoms with Crippen molar-refractivity contribution in [2.75, 3.05) is 13.1 Å². The molecule has 136 valence electrons. The second kappa shape index (κ2) is 8.65. The lowest BCUT2D eigenvalue weighted by molar-refractivity contribution is -0.134. The summed E-state index contributed by atoms with van der Waals surface area (Å²) in [5.74, 6) is -1.03. The van der Waals surface area contributed by atoms with E-state index in [0.29, 0.717) is 25.1 Å². The summed E-state index contributed by atoms with van der Waals surface area (Å²) < 4.78 is 0. The zero-order valence-corrected chi connectivity index (χ0v) is 14.8. The second-order valence-corrected chi connectivity index (χ2v) is 6.80. The number of carboxylic acid groups (broad SMARTS) is 1. The van der Waals surface area contributed by atoms with Gasteiger partial charge >= 0.3 is 5.97 Å². The van der Waals surface area contributed by atoms with Gasteiger partial charge in [0, 0.05) is 31.5 Å². The zero-order valence-electron chi connectivity index (χ0n) is 14.8. The molecule has 1 saturated heterocycles. The molecule has 1 fully saturated rings. The Morgan fingerprint density at radius 2 is 2.00 bits per heavy atom. The molecule has 1 unspecified atom stereocenters. The van der Waals surface area contributed by atoms with Gasteiger partial charge in [0.25, 0.3) is 0 Å². The fraction of sp³-hybridized carbons (Fsp3) is 0.526. The Labute approximate surface area is 148 Å². The van der Waals surface area contributed by atoms with Crippen LogP contribution in [0.5, 0.6) is 0 Å². The largest absolute Gasteiger partial charge is 0.478 e. The van der Waals surface area contributed by atoms with E-state index >= 15 is 0 Å². The number of aryl methyl sites for hydroxylation is 1. The van der Waals surface area contributed by atoms with E-state index in [4.69, 9.17) is 0 Å². The van der Waals surface area contributed by atoms with Crippen molar-refractivity contribution in [1.82, 2.24) is 10.2 Å². The predicted octanol–water partition coefficient (Wildman–Crippen LogP) is 2.08. The summed E-state index contributed by atoms with van der Waals surface area (Å²) in [6, 6.07) is 6.77. The predicted molar refractivity (Wildman–Crippen MR) is 94.3 cm³/mol. The number of piperidine rings is 1. The van der Waals surface area contributed by atoms with E-state index in [1.54, 1.807) is 29.2 Å². The van der Waals surface area contributed by atoms with Gasteiger partial charge in [-0.15, -0.1) is 0 Å². The average molecular weight is 346 g/mol. The standard InChI is InChI=1S/C19H26N2O4/c1-13(2)18(23)20-15-7-5-11-21(12-15)17(22)10-9-14-6-3-4-8-16(14)19(24)25/h3-4,6,8,13,15H,5,7,9-12H2,1-2H3,(H,20,23)(H,24,25). The molecule has 1 heterocycles. The van der Waals surface area contributed by atoms with Crippen molar-refractivity contribution in [3.63, 3.8) is 0 Å². The molecule has 0 bridgehead atoms. The van der Waals surface area contributed by atoms with Gasteiger partial charge in [-0.05, 0) is 30.9 Å². The molecule has 0 saturated carbocycles. The molecule has 0 spiro atoms. The van der Waals surface area contributed by atoms with E-state index < -0.39 is 5.97 Å². The van der Waals surface area contributed by atoms with Crippen molar-refractivity contribution in [1.29, 1.82) is 0 Å². The van der Waals surface area contributed by atoms with Crippen LogP contribution in [0.25, 0.3) is 0 Å². The Morgan fingerprint density at radius 1 is 1.28 bits per heavy atom. The Morgan fingerprint density at radius 3 is 2.68 bits per heavy atom. The number of carbonyl (C=O) groups is 3. The third-order valence-corrected chi connectivity index (χ3v) is 4.50. The maximum absolute atomic E-state index is 12.5. The number of nitrogens with zero attached hydrogens (tertiary/aromatic N) is 1. The molecular weight excluding hydrogens is 320 g/mol. The van der Waals surface area contributed by atoms with Gasteiger partial charge in [0.15, 0.2) is 0 Å². The van der Waals surface area contributed by atoms with Gasteiger partial charge in [0.2, 0.25) is 11.8 Å². The number of carbonyl (C=O) groups excluding carboxylic acids is 2. The highest BCUT2D eigenvalue weighted by Gasteiger charge is 2.25. The molecule has 1 aromatic rings. The first kappa shape index (κ1) is 19.0. The van der Waals surface area contributed by atoms with E-state index in [2.05, 4.69) is 5.32 Å². The number of carboxylic acids is 1. The molecule has 1 aliphatic heterocycles. The van der Waals surface area contributed by atoms with Crippen molar-refractivity contribution in [3.05, 3.63) is 35.4 Å². The summed E-state index contributed by atoms with van der Waals surface area (Å²) >= 11 is 0. The maximum Gasteiger partial charge on any atom is 0.335 e. The lowest BCUT2D eigenvalue weighted by Crippen LogP contribution is -2.50. The van der Waals surface area contributed by atoms with Gasteiger partial charge in [-0.2, -0.15) is 0 Å². The van der Waals surface area contributed by atoms with Gasteiger partial charge in [-0.1, -0.05) is 32.0 Å². The molecule has 25 heavy (non-hydrogen) atoms. The van der Waals surface area contributed by atoms with Crippen LogP contribution in [0, 0.1) is 5.92 Å². The number of hydrogen-bond acceptors (Lipinski definition) is 3. The van der Waals surface area contributed by atoms with Crippen molar-refractivity contribution < 1.29 is 19.5 Å². The maximum atomic E-state index is 12.5. The summed E-state index contributed by atoms with van der Waals surface area (Å²) in [6.45, 7) is 4.91. The van der Waals surface area contributed by atoms with Crippen molar-refractivity contribution in [3.8, 4) is 0 Å². The SMILES string of the molecule is CC(C)C(=O)NC1CCCN(C(=O)CCc2ccccc2C(=O)O)C1. The van der Waals surface area contributed by atoms with E-state index in [9.17, 15) is 19.5 Å². The highest BCUT2D eigenvalue weighted by molar-refractivity contribution is 5.89. The lowest BCUT2D eigenvalue weighted by atomic mass is 10.0. The van der Waals surface area contributed by atoms with Gasteiger partial charge in [-0.3, -0.25) is 9.59 Å². The van der Waals surface area contributed by atoms with Gasteiger partial charge < -0.3 is 15.3 Å². The molecule has 0 radical (unpaired) electrons. The first-order valence-electron chi connectivity index (χ1n) is 8.78. The van der Waals surface area contributed by atoms with Gasteiger partial charge in [0.1, 0.15) is 0 Å². The van der Waals surface area contributed by atoms with Crippen LogP contribution < -0.4 is 5.32 Å². The minimum atomic E-state index is -0.975. The Kier molecular flexibility index (Phi) is 6.56. The van der Waals surface area contributed by atoms with Crippen LogP contribution in [0.1, 0.15) is 49.0 Å². The van der Waals surface area contributed by atoms with Crippen LogP contribution in [-0.4, -0.2) is 46.9 Å². The van der Waals surface area contributed by atoms with Crippen molar-refractivity contribution in [2.24, 2.45) is 5.92 Å². The summed E-state index contributed by atoms with van der Waals surface area (Å²) in [5, 5.41) is 12.2. The third-order valence-electron chi connectivity index (χ3n) is 4.50. The fourth-order valence-corrected chi connectivity index (χ4v) is 3.04. The molecule has 1 aliphatic rings. The van der Waals surface area contributed by atoms with Gasteiger partial charge in [-0.25, -0.2) is 4.79 Å². The number of aromatic carboxylic acids is 1. The quantitative estimate of drug-likeness (QED) is 0.826. The number of amides is 2. The minimum Gasteiger partial charge on any atom is -0.478 e. The smallest absolute Gasteiger partial charge is 0.335 e. The topological polar surface area (TPSA) is 86.7 Å². The Balaban J connectivity index is 1.90. The van der Waals surface area contributed by atoms with E-state index in [1.165, 1.54) is 0 Å². The zero-order chi connectivity index (χ0) is 18.4. The van der Waals surface area contributed by atoms with Gasteiger partial charge in [0.05, 0.1) is 5.56 Å². The van der Waals surface area contributed by atoms with E-state index in [-0.39, 0.29) is 35.8 Å². The molecule has 0 aromatic heterocycles. The molecule has 2 rings (SSSR count). The number of benzene rings is 1. The Bertz CT molecular complexity index is 642. The molecule has 6 heteroatoms. The molecule has 2 amide bonds. The van der Waals surface area contributed by atoms with E-state index in [0.717, 1.165) is 12.8 Å². The number of likely N-dealkylation sites (tertiary alicyclic amines) is 1. The van der Waals surface area contributed by atoms with Crippen molar-refractivity contribution >= 4 is 17.8 Å². The number of nitrogens with one attached hydrogen (secondary N) is 1. The fourth-order valence-electron chi connectivity index (χ4n) is 3.04. The summed E-state index contributed by atoms with van der Waals surface area (Å²) in [5.41, 5.74) is 0.918. The van der Waals surface area contributed by atoms with Crippen molar-refractivity contribution in [2.45, 2.75) is 45.6 Å². The minimum absolute atomic E-state index is 0.00101. The van der Waals surface area contributed by atoms with Crippen LogP contribution in [0.3, 0.4) is 0 Å². The molecule has 6 nitrogen and oxygen atoms in total. The first-order valence-corrected chi connectivity index (χ1v) is 8.78. The number of hydrogen-bond donors (Lipinski definition) is 2. The molecule has 2 N–H and O–H groups in total. The van der Waals surface area contributed by atoms with Crippen LogP contribution in [-0.2, 0) is 16.0 Å². The first-order chi connectivity index (χ1) is 11.9. The summed E-state index contributed by atoms with van der Waals surface area (Å²) in [4.78, 5) is 37.3. The molecule has 0 aliphatic carbocycles. The number of rotatable bonds is 6. The van der Waals surface area contributed by atoms with Crippen LogP contribution in [0.4, 0.5) is 0 Å².